The maximum absolute atomic E-state index is 13.4. The first-order chi connectivity index (χ1) is 19.2. The Hall–Kier alpha value is -3.85. The van der Waals surface area contributed by atoms with E-state index in [-0.39, 0.29) is 23.7 Å². The van der Waals surface area contributed by atoms with Crippen LogP contribution in [0.2, 0.25) is 0 Å². The first-order valence-corrected chi connectivity index (χ1v) is 14.1. The van der Waals surface area contributed by atoms with Gasteiger partial charge in [0.1, 0.15) is 6.04 Å². The number of nitrogens with one attached hydrogen (secondary N) is 1. The molecule has 3 aliphatic heterocycles. The lowest BCUT2D eigenvalue weighted by Crippen LogP contribution is -2.53. The summed E-state index contributed by atoms with van der Waals surface area (Å²) in [6.07, 6.45) is 9.56. The summed E-state index contributed by atoms with van der Waals surface area (Å²) in [5.74, 6) is -0.883. The SMILES string of the molecule is C/N=C/C(C)(C)CN1CCC(n2cc(Cc3ccc4c5c(cccc35)C(=O)N4C3CCC(=O)NC3=O)cn2)CC1. The van der Waals surface area contributed by atoms with Crippen LogP contribution in [-0.2, 0) is 16.0 Å². The highest BCUT2D eigenvalue weighted by atomic mass is 16.2. The van der Waals surface area contributed by atoms with Gasteiger partial charge in [0, 0.05) is 68.3 Å². The Morgan fingerprint density at radius 1 is 1.10 bits per heavy atom. The van der Waals surface area contributed by atoms with Gasteiger partial charge in [0.2, 0.25) is 11.8 Å². The van der Waals surface area contributed by atoms with Crippen molar-refractivity contribution in [3.8, 4) is 0 Å². The number of carbonyl (C=O) groups is 3. The van der Waals surface area contributed by atoms with E-state index in [2.05, 4.69) is 46.0 Å². The molecule has 3 aliphatic rings. The average Bonchev–Trinajstić information content (AvgIpc) is 3.50. The molecule has 9 heteroatoms. The van der Waals surface area contributed by atoms with E-state index in [1.807, 2.05) is 43.7 Å². The van der Waals surface area contributed by atoms with E-state index >= 15 is 0 Å². The molecule has 0 spiro atoms. The van der Waals surface area contributed by atoms with Crippen molar-refractivity contribution in [1.82, 2.24) is 20.0 Å². The number of aliphatic imine (C=N–C) groups is 1. The van der Waals surface area contributed by atoms with E-state index in [0.717, 1.165) is 60.1 Å². The van der Waals surface area contributed by atoms with E-state index < -0.39 is 11.9 Å². The predicted molar refractivity (Wildman–Crippen MR) is 155 cm³/mol. The number of piperidine rings is 2. The number of hydrogen-bond acceptors (Lipinski definition) is 6. The van der Waals surface area contributed by atoms with Crippen molar-refractivity contribution in [3.63, 3.8) is 0 Å². The topological polar surface area (TPSA) is 99.9 Å². The van der Waals surface area contributed by atoms with Gasteiger partial charge in [-0.2, -0.15) is 5.10 Å². The zero-order valence-electron chi connectivity index (χ0n) is 23.4. The second-order valence-corrected chi connectivity index (χ2v) is 12.0. The number of anilines is 1. The van der Waals surface area contributed by atoms with E-state index in [1.165, 1.54) is 0 Å². The van der Waals surface area contributed by atoms with Crippen LogP contribution in [0, 0.1) is 5.41 Å². The molecule has 4 heterocycles. The Morgan fingerprint density at radius 2 is 1.90 bits per heavy atom. The molecule has 3 aromatic rings. The molecule has 9 nitrogen and oxygen atoms in total. The lowest BCUT2D eigenvalue weighted by molar-refractivity contribution is -0.134. The van der Waals surface area contributed by atoms with Crippen molar-refractivity contribution in [2.24, 2.45) is 10.4 Å². The monoisotopic (exact) mass is 540 g/mol. The fourth-order valence-electron chi connectivity index (χ4n) is 6.66. The maximum atomic E-state index is 13.4. The minimum atomic E-state index is -0.679. The number of hydrogen-bond donors (Lipinski definition) is 1. The van der Waals surface area contributed by atoms with Gasteiger partial charge in [-0.3, -0.25) is 29.3 Å². The molecule has 1 unspecified atom stereocenters. The minimum Gasteiger partial charge on any atom is -0.302 e. The Balaban J connectivity index is 1.18. The minimum absolute atomic E-state index is 0.0730. The van der Waals surface area contributed by atoms with Gasteiger partial charge in [-0.25, -0.2) is 0 Å². The summed E-state index contributed by atoms with van der Waals surface area (Å²) in [6.45, 7) is 7.57. The number of amides is 3. The second-order valence-electron chi connectivity index (χ2n) is 12.0. The lowest BCUT2D eigenvalue weighted by Gasteiger charge is -2.36. The number of imide groups is 1. The Labute approximate surface area is 234 Å². The van der Waals surface area contributed by atoms with Crippen LogP contribution in [0.15, 0.2) is 47.7 Å². The molecule has 1 aromatic heterocycles. The van der Waals surface area contributed by atoms with E-state index in [1.54, 1.807) is 4.90 Å². The molecule has 3 amide bonds. The predicted octanol–water partition coefficient (Wildman–Crippen LogP) is 3.76. The molecule has 1 N–H and O–H groups in total. The van der Waals surface area contributed by atoms with Gasteiger partial charge in [-0.05, 0) is 47.9 Å². The van der Waals surface area contributed by atoms with Crippen LogP contribution in [0.25, 0.3) is 10.8 Å². The van der Waals surface area contributed by atoms with Crippen molar-refractivity contribution < 1.29 is 14.4 Å². The van der Waals surface area contributed by atoms with Crippen LogP contribution in [0.4, 0.5) is 5.69 Å². The van der Waals surface area contributed by atoms with E-state index in [9.17, 15) is 14.4 Å². The van der Waals surface area contributed by atoms with E-state index in [4.69, 9.17) is 5.10 Å². The molecular formula is C31H36N6O3. The number of likely N-dealkylation sites (tertiary alicyclic amines) is 1. The fourth-order valence-corrected chi connectivity index (χ4v) is 6.66. The largest absolute Gasteiger partial charge is 0.302 e. The molecule has 208 valence electrons. The summed E-state index contributed by atoms with van der Waals surface area (Å²) in [5, 5.41) is 9.01. The fraction of sp³-hybridized carbons (Fsp3) is 0.452. The molecule has 2 aromatic carbocycles. The van der Waals surface area contributed by atoms with Crippen LogP contribution in [-0.4, -0.2) is 71.3 Å². The summed E-state index contributed by atoms with van der Waals surface area (Å²) in [5.41, 5.74) is 3.67. The highest BCUT2D eigenvalue weighted by Gasteiger charge is 2.40. The normalized spacial score (nSPS) is 20.7. The third-order valence-electron chi connectivity index (χ3n) is 8.43. The van der Waals surface area contributed by atoms with Crippen molar-refractivity contribution in [2.75, 3.05) is 31.6 Å². The van der Waals surface area contributed by atoms with E-state index in [0.29, 0.717) is 24.4 Å². The smallest absolute Gasteiger partial charge is 0.259 e. The van der Waals surface area contributed by atoms with Crippen LogP contribution in [0.1, 0.15) is 67.1 Å². The zero-order valence-corrected chi connectivity index (χ0v) is 23.4. The second kappa shape index (κ2) is 10.3. The Kier molecular flexibility index (Phi) is 6.78. The van der Waals surface area contributed by atoms with Crippen molar-refractivity contribution in [2.45, 2.75) is 58.0 Å². The van der Waals surface area contributed by atoms with Gasteiger partial charge < -0.3 is 9.89 Å². The number of benzene rings is 2. The third-order valence-corrected chi connectivity index (χ3v) is 8.43. The average molecular weight is 541 g/mol. The van der Waals surface area contributed by atoms with Crippen LogP contribution in [0.5, 0.6) is 0 Å². The van der Waals surface area contributed by atoms with Crippen LogP contribution < -0.4 is 10.2 Å². The van der Waals surface area contributed by atoms with Crippen molar-refractivity contribution in [3.05, 3.63) is 59.4 Å². The molecule has 0 bridgehead atoms. The standard InChI is InChI=1S/C31H36N6O3/c1-31(2,18-32-3)19-35-13-11-22(12-14-35)36-17-20(16-33-36)15-21-7-8-25-28-23(21)5-4-6-24(28)30(40)37(25)26-9-10-27(38)34-29(26)39/h4-8,16-18,22,26H,9-15,19H2,1-3H3,(H,34,38,39)/b32-18+. The van der Waals surface area contributed by atoms with Gasteiger partial charge in [0.25, 0.3) is 5.91 Å². The van der Waals surface area contributed by atoms with Crippen molar-refractivity contribution >= 4 is 40.4 Å². The molecule has 0 aliphatic carbocycles. The van der Waals surface area contributed by atoms with Crippen LogP contribution >= 0.6 is 0 Å². The van der Waals surface area contributed by atoms with Crippen LogP contribution in [0.3, 0.4) is 0 Å². The molecule has 6 rings (SSSR count). The number of rotatable bonds is 7. The number of aromatic nitrogens is 2. The summed E-state index contributed by atoms with van der Waals surface area (Å²) < 4.78 is 2.12. The Bertz CT molecular complexity index is 1510. The van der Waals surface area contributed by atoms with Gasteiger partial charge in [0.05, 0.1) is 17.9 Å². The molecule has 2 fully saturated rings. The molecule has 1 atom stereocenters. The van der Waals surface area contributed by atoms with Gasteiger partial charge >= 0.3 is 0 Å². The van der Waals surface area contributed by atoms with Gasteiger partial charge in [0.15, 0.2) is 0 Å². The van der Waals surface area contributed by atoms with Gasteiger partial charge in [-0.15, -0.1) is 0 Å². The highest BCUT2D eigenvalue weighted by molar-refractivity contribution is 6.27. The highest BCUT2D eigenvalue weighted by Crippen LogP contribution is 2.41. The summed E-state index contributed by atoms with van der Waals surface area (Å²) in [7, 11) is 1.84. The Morgan fingerprint density at radius 3 is 2.65 bits per heavy atom. The molecule has 0 saturated carbocycles. The lowest BCUT2D eigenvalue weighted by atomic mass is 9.93. The molecule has 0 radical (unpaired) electrons. The molecule has 40 heavy (non-hydrogen) atoms. The summed E-state index contributed by atoms with van der Waals surface area (Å²) >= 11 is 0. The maximum Gasteiger partial charge on any atom is 0.259 e. The quantitative estimate of drug-likeness (QED) is 0.363. The first-order valence-electron chi connectivity index (χ1n) is 14.1. The van der Waals surface area contributed by atoms with Gasteiger partial charge in [-0.1, -0.05) is 32.0 Å². The van der Waals surface area contributed by atoms with Crippen molar-refractivity contribution in [1.29, 1.82) is 0 Å². The third kappa shape index (κ3) is 4.83. The number of nitrogens with zero attached hydrogens (tertiary/aromatic N) is 5. The summed E-state index contributed by atoms with van der Waals surface area (Å²) in [4.78, 5) is 46.0. The summed E-state index contributed by atoms with van der Waals surface area (Å²) in [6, 6.07) is 9.48. The first kappa shape index (κ1) is 26.4. The molecular weight excluding hydrogens is 504 g/mol. The number of carbonyl (C=O) groups excluding carboxylic acids is 3. The molecule has 2 saturated heterocycles. The zero-order chi connectivity index (χ0) is 28.0.